The van der Waals surface area contributed by atoms with Crippen molar-refractivity contribution in [1.29, 1.82) is 0 Å². The number of hydrogen-bond acceptors (Lipinski definition) is 4. The Morgan fingerprint density at radius 2 is 2.22 bits per heavy atom. The lowest BCUT2D eigenvalue weighted by Gasteiger charge is -2.21. The number of anilines is 1. The minimum atomic E-state index is 0.552. The number of benzene rings is 1. The number of thiocarbonyl (C=S) groups is 1. The average molecular weight is 332 g/mol. The van der Waals surface area contributed by atoms with Crippen molar-refractivity contribution in [3.8, 4) is 11.5 Å². The zero-order valence-electron chi connectivity index (χ0n) is 13.0. The summed E-state index contributed by atoms with van der Waals surface area (Å²) in [6.07, 6.45) is 4.67. The first kappa shape index (κ1) is 15.6. The Balaban J connectivity index is 1.47. The van der Waals surface area contributed by atoms with Crippen LogP contribution in [0.15, 0.2) is 30.7 Å². The molecule has 0 saturated carbocycles. The number of ether oxygens (including phenoxy) is 2. The molecule has 2 heterocycles. The van der Waals surface area contributed by atoms with Gasteiger partial charge in [0, 0.05) is 25.0 Å². The maximum atomic E-state index is 5.66. The molecule has 0 atom stereocenters. The van der Waals surface area contributed by atoms with Crippen molar-refractivity contribution in [3.63, 3.8) is 0 Å². The quantitative estimate of drug-likeness (QED) is 0.647. The van der Waals surface area contributed by atoms with Crippen molar-refractivity contribution in [3.05, 3.63) is 36.4 Å². The molecule has 0 bridgehead atoms. The molecule has 1 aromatic heterocycles. The van der Waals surface area contributed by atoms with Crippen LogP contribution in [0, 0.1) is 6.92 Å². The van der Waals surface area contributed by atoms with E-state index in [1.165, 1.54) is 5.69 Å². The first-order valence-corrected chi connectivity index (χ1v) is 8.05. The summed E-state index contributed by atoms with van der Waals surface area (Å²) in [5.41, 5.74) is 1.99. The molecule has 1 aliphatic rings. The number of nitrogens with zero attached hydrogens (tertiary/aromatic N) is 2. The molecule has 0 spiro atoms. The number of aromatic nitrogens is 2. The second kappa shape index (κ2) is 7.32. The van der Waals surface area contributed by atoms with Gasteiger partial charge in [-0.15, -0.1) is 0 Å². The zero-order chi connectivity index (χ0) is 16.1. The average Bonchev–Trinajstić information content (AvgIpc) is 2.97. The highest BCUT2D eigenvalue weighted by molar-refractivity contribution is 7.80. The molecule has 6 nitrogen and oxygen atoms in total. The third kappa shape index (κ3) is 3.92. The Morgan fingerprint density at radius 3 is 3.04 bits per heavy atom. The van der Waals surface area contributed by atoms with Gasteiger partial charge >= 0.3 is 0 Å². The highest BCUT2D eigenvalue weighted by Crippen LogP contribution is 2.37. The lowest BCUT2D eigenvalue weighted by atomic mass is 10.2. The highest BCUT2D eigenvalue weighted by Gasteiger charge is 2.15. The largest absolute Gasteiger partial charge is 0.486 e. The van der Waals surface area contributed by atoms with Crippen LogP contribution in [0.5, 0.6) is 11.5 Å². The highest BCUT2D eigenvalue weighted by atomic mass is 32.1. The van der Waals surface area contributed by atoms with Gasteiger partial charge in [0.25, 0.3) is 0 Å². The van der Waals surface area contributed by atoms with E-state index in [0.717, 1.165) is 36.7 Å². The molecule has 1 aliphatic heterocycles. The molecule has 3 rings (SSSR count). The number of imidazole rings is 1. The number of para-hydroxylation sites is 1. The SMILES string of the molecule is Cc1cncn1CCCNC(=S)Nc1cccc2c1OCCO2. The van der Waals surface area contributed by atoms with Crippen LogP contribution in [0.1, 0.15) is 12.1 Å². The Labute approximate surface area is 140 Å². The van der Waals surface area contributed by atoms with Crippen LogP contribution in [-0.4, -0.2) is 34.4 Å². The van der Waals surface area contributed by atoms with E-state index in [-0.39, 0.29) is 0 Å². The van der Waals surface area contributed by atoms with Gasteiger partial charge in [-0.1, -0.05) is 6.07 Å². The Hall–Kier alpha value is -2.28. The molecule has 0 saturated heterocycles. The second-order valence-electron chi connectivity index (χ2n) is 5.29. The van der Waals surface area contributed by atoms with E-state index in [4.69, 9.17) is 21.7 Å². The summed E-state index contributed by atoms with van der Waals surface area (Å²) >= 11 is 5.34. The minimum Gasteiger partial charge on any atom is -0.486 e. The van der Waals surface area contributed by atoms with Gasteiger partial charge in [0.1, 0.15) is 13.2 Å². The van der Waals surface area contributed by atoms with Gasteiger partial charge in [0.2, 0.25) is 0 Å². The van der Waals surface area contributed by atoms with Crippen molar-refractivity contribution in [2.75, 3.05) is 25.1 Å². The van der Waals surface area contributed by atoms with E-state index >= 15 is 0 Å². The number of nitrogens with one attached hydrogen (secondary N) is 2. The lowest BCUT2D eigenvalue weighted by Crippen LogP contribution is -2.30. The standard InChI is InChI=1S/C16H20N4O2S/c1-12-10-17-11-20(12)7-3-6-18-16(23)19-13-4-2-5-14-15(13)22-9-8-21-14/h2,4-5,10-11H,3,6-9H2,1H3,(H2,18,19,23). The van der Waals surface area contributed by atoms with Crippen LogP contribution in [-0.2, 0) is 6.54 Å². The lowest BCUT2D eigenvalue weighted by molar-refractivity contribution is 0.172. The molecule has 0 radical (unpaired) electrons. The van der Waals surface area contributed by atoms with Crippen LogP contribution in [0.2, 0.25) is 0 Å². The summed E-state index contributed by atoms with van der Waals surface area (Å²) in [6.45, 7) is 4.88. The van der Waals surface area contributed by atoms with Gasteiger partial charge in [-0.3, -0.25) is 0 Å². The van der Waals surface area contributed by atoms with Crippen molar-refractivity contribution in [2.24, 2.45) is 0 Å². The van der Waals surface area contributed by atoms with Gasteiger partial charge in [-0.2, -0.15) is 0 Å². The maximum Gasteiger partial charge on any atom is 0.184 e. The second-order valence-corrected chi connectivity index (χ2v) is 5.70. The number of hydrogen-bond donors (Lipinski definition) is 2. The third-order valence-corrected chi connectivity index (χ3v) is 3.84. The van der Waals surface area contributed by atoms with E-state index in [1.807, 2.05) is 37.6 Å². The van der Waals surface area contributed by atoms with Crippen molar-refractivity contribution in [1.82, 2.24) is 14.9 Å². The fraction of sp³-hybridized carbons (Fsp3) is 0.375. The maximum absolute atomic E-state index is 5.66. The predicted octanol–water partition coefficient (Wildman–Crippen LogP) is 2.34. The molecule has 0 aliphatic carbocycles. The van der Waals surface area contributed by atoms with Gasteiger partial charge in [0.05, 0.1) is 12.0 Å². The van der Waals surface area contributed by atoms with Gasteiger partial charge in [-0.25, -0.2) is 4.98 Å². The zero-order valence-corrected chi connectivity index (χ0v) is 13.9. The molecule has 7 heteroatoms. The van der Waals surface area contributed by atoms with Crippen molar-refractivity contribution < 1.29 is 9.47 Å². The van der Waals surface area contributed by atoms with Crippen LogP contribution in [0.3, 0.4) is 0 Å². The van der Waals surface area contributed by atoms with E-state index < -0.39 is 0 Å². The number of fused-ring (bicyclic) bond motifs is 1. The fourth-order valence-corrected chi connectivity index (χ4v) is 2.62. The summed E-state index contributed by atoms with van der Waals surface area (Å²) < 4.78 is 13.3. The molecule has 2 aromatic rings. The van der Waals surface area contributed by atoms with E-state index in [2.05, 4.69) is 20.2 Å². The van der Waals surface area contributed by atoms with Crippen LogP contribution in [0.4, 0.5) is 5.69 Å². The van der Waals surface area contributed by atoms with Crippen LogP contribution < -0.4 is 20.1 Å². The monoisotopic (exact) mass is 332 g/mol. The number of rotatable bonds is 5. The molecule has 1 aromatic carbocycles. The first-order chi connectivity index (χ1) is 11.2. The molecule has 23 heavy (non-hydrogen) atoms. The summed E-state index contributed by atoms with van der Waals surface area (Å²) in [5.74, 6) is 1.47. The summed E-state index contributed by atoms with van der Waals surface area (Å²) in [5, 5.41) is 6.96. The van der Waals surface area contributed by atoms with Crippen LogP contribution in [0.25, 0.3) is 0 Å². The molecule has 2 N–H and O–H groups in total. The van der Waals surface area contributed by atoms with E-state index in [1.54, 1.807) is 0 Å². The summed E-state index contributed by atoms with van der Waals surface area (Å²) in [4.78, 5) is 4.11. The van der Waals surface area contributed by atoms with E-state index in [0.29, 0.717) is 18.3 Å². The molecular weight excluding hydrogens is 312 g/mol. The van der Waals surface area contributed by atoms with Crippen molar-refractivity contribution in [2.45, 2.75) is 19.9 Å². The number of aryl methyl sites for hydroxylation is 2. The first-order valence-electron chi connectivity index (χ1n) is 7.64. The van der Waals surface area contributed by atoms with Crippen LogP contribution >= 0.6 is 12.2 Å². The predicted molar refractivity (Wildman–Crippen MR) is 93.2 cm³/mol. The Kier molecular flexibility index (Phi) is 4.97. The van der Waals surface area contributed by atoms with Crippen molar-refractivity contribution >= 4 is 23.0 Å². The molecule has 0 unspecified atom stereocenters. The summed E-state index contributed by atoms with van der Waals surface area (Å²) in [6, 6.07) is 5.74. The van der Waals surface area contributed by atoms with E-state index in [9.17, 15) is 0 Å². The van der Waals surface area contributed by atoms with Gasteiger partial charge in [-0.05, 0) is 37.7 Å². The minimum absolute atomic E-state index is 0.552. The molecule has 0 fully saturated rings. The Bertz CT molecular complexity index is 686. The smallest absolute Gasteiger partial charge is 0.184 e. The topological polar surface area (TPSA) is 60.3 Å². The molecule has 122 valence electrons. The molecular formula is C16H20N4O2S. The Morgan fingerprint density at radius 1 is 1.35 bits per heavy atom. The van der Waals surface area contributed by atoms with Gasteiger partial charge < -0.3 is 24.7 Å². The normalized spacial score (nSPS) is 12.7. The van der Waals surface area contributed by atoms with Gasteiger partial charge in [0.15, 0.2) is 16.6 Å². The molecule has 0 amide bonds. The summed E-state index contributed by atoms with van der Waals surface area (Å²) in [7, 11) is 0. The third-order valence-electron chi connectivity index (χ3n) is 3.60. The fourth-order valence-electron chi connectivity index (χ4n) is 2.41.